The minimum atomic E-state index is -0.200. The van der Waals surface area contributed by atoms with Gasteiger partial charge in [0.05, 0.1) is 18.5 Å². The summed E-state index contributed by atoms with van der Waals surface area (Å²) in [6.07, 6.45) is 4.12. The van der Waals surface area contributed by atoms with Crippen molar-refractivity contribution in [2.24, 2.45) is 5.92 Å². The van der Waals surface area contributed by atoms with Crippen LogP contribution < -0.4 is 0 Å². The normalized spacial score (nSPS) is 23.0. The lowest BCUT2D eigenvalue weighted by molar-refractivity contribution is 0.0264. The molecule has 0 aliphatic heterocycles. The molecule has 1 heterocycles. The molecule has 1 saturated carbocycles. The van der Waals surface area contributed by atoms with Gasteiger partial charge >= 0.3 is 0 Å². The Hall–Kier alpha value is -1.20. The largest absolute Gasteiger partial charge is 0.393 e. The molecule has 1 aliphatic carbocycles. The van der Waals surface area contributed by atoms with Gasteiger partial charge in [0.15, 0.2) is 0 Å². The van der Waals surface area contributed by atoms with Crippen molar-refractivity contribution in [3.05, 3.63) is 23.2 Å². The Morgan fingerprint density at radius 2 is 2.29 bits per heavy atom. The van der Waals surface area contributed by atoms with E-state index in [1.54, 1.807) is 11.9 Å². The number of halogens is 1. The van der Waals surface area contributed by atoms with Crippen molar-refractivity contribution < 1.29 is 9.90 Å². The van der Waals surface area contributed by atoms with E-state index in [0.717, 1.165) is 12.8 Å². The summed E-state index contributed by atoms with van der Waals surface area (Å²) < 4.78 is 0. The van der Waals surface area contributed by atoms with Crippen molar-refractivity contribution >= 4 is 17.5 Å². The lowest BCUT2D eigenvalue weighted by atomic mass is 9.82. The molecular weight excluding hydrogens is 242 g/mol. The number of hydrogen-bond acceptors (Lipinski definition) is 4. The van der Waals surface area contributed by atoms with Gasteiger partial charge in [-0.3, -0.25) is 9.78 Å². The van der Waals surface area contributed by atoms with Gasteiger partial charge in [-0.1, -0.05) is 11.6 Å². The van der Waals surface area contributed by atoms with Crippen molar-refractivity contribution in [3.8, 4) is 0 Å². The molecule has 0 atom stereocenters. The summed E-state index contributed by atoms with van der Waals surface area (Å²) in [6.45, 7) is 0.629. The van der Waals surface area contributed by atoms with Crippen molar-refractivity contribution in [1.82, 2.24) is 14.9 Å². The molecule has 1 aromatic heterocycles. The predicted octanol–water partition coefficient (Wildman–Crippen LogP) is 0.973. The molecule has 92 valence electrons. The van der Waals surface area contributed by atoms with Crippen LogP contribution in [0.2, 0.25) is 5.15 Å². The number of carbonyl (C=O) groups excluding carboxylic acids is 1. The summed E-state index contributed by atoms with van der Waals surface area (Å²) in [4.78, 5) is 21.3. The van der Waals surface area contributed by atoms with Crippen LogP contribution in [-0.2, 0) is 0 Å². The van der Waals surface area contributed by atoms with Gasteiger partial charge in [-0.05, 0) is 18.8 Å². The van der Waals surface area contributed by atoms with Crippen LogP contribution in [0, 0.1) is 5.92 Å². The van der Waals surface area contributed by atoms with E-state index in [-0.39, 0.29) is 22.9 Å². The highest BCUT2D eigenvalue weighted by Gasteiger charge is 2.29. The van der Waals surface area contributed by atoms with Gasteiger partial charge in [-0.2, -0.15) is 0 Å². The molecule has 0 spiro atoms. The summed E-state index contributed by atoms with van der Waals surface area (Å²) in [5, 5.41) is 9.39. The average molecular weight is 256 g/mol. The van der Waals surface area contributed by atoms with E-state index in [0.29, 0.717) is 12.5 Å². The van der Waals surface area contributed by atoms with Gasteiger partial charge in [0.2, 0.25) is 0 Å². The second-order valence-electron chi connectivity index (χ2n) is 4.40. The Morgan fingerprint density at radius 1 is 1.59 bits per heavy atom. The SMILES string of the molecule is CN(CC1CC(O)C1)C(=O)c1cncc(Cl)n1. The van der Waals surface area contributed by atoms with Gasteiger partial charge in [0, 0.05) is 13.6 Å². The molecule has 2 rings (SSSR count). The second-order valence-corrected chi connectivity index (χ2v) is 4.79. The molecule has 0 radical (unpaired) electrons. The fourth-order valence-electron chi connectivity index (χ4n) is 1.96. The summed E-state index contributed by atoms with van der Waals surface area (Å²) in [7, 11) is 1.72. The monoisotopic (exact) mass is 255 g/mol. The highest BCUT2D eigenvalue weighted by Crippen LogP contribution is 2.27. The fraction of sp³-hybridized carbons (Fsp3) is 0.545. The molecule has 0 bridgehead atoms. The maximum atomic E-state index is 12.0. The lowest BCUT2D eigenvalue weighted by Crippen LogP contribution is -2.39. The predicted molar refractivity (Wildman–Crippen MR) is 62.7 cm³/mol. The standard InChI is InChI=1S/C11H14ClN3O2/c1-15(6-7-2-8(16)3-7)11(17)9-4-13-5-10(12)14-9/h4-5,7-8,16H,2-3,6H2,1H3. The molecule has 17 heavy (non-hydrogen) atoms. The van der Waals surface area contributed by atoms with Crippen LogP contribution in [-0.4, -0.2) is 45.6 Å². The van der Waals surface area contributed by atoms with Gasteiger partial charge in [0.1, 0.15) is 10.8 Å². The number of hydrogen-bond donors (Lipinski definition) is 1. The molecule has 0 aromatic carbocycles. The number of nitrogens with zero attached hydrogens (tertiary/aromatic N) is 3. The maximum absolute atomic E-state index is 12.0. The zero-order valence-corrected chi connectivity index (χ0v) is 10.3. The second kappa shape index (κ2) is 4.98. The number of rotatable bonds is 3. The number of carbonyl (C=O) groups is 1. The fourth-order valence-corrected chi connectivity index (χ4v) is 2.11. The minimum Gasteiger partial charge on any atom is -0.393 e. The van der Waals surface area contributed by atoms with Crippen molar-refractivity contribution in [2.45, 2.75) is 18.9 Å². The summed E-state index contributed by atoms with van der Waals surface area (Å²) in [5.74, 6) is 0.187. The third-order valence-electron chi connectivity index (χ3n) is 2.91. The third kappa shape index (κ3) is 2.92. The van der Waals surface area contributed by atoms with Crippen LogP contribution >= 0.6 is 11.6 Å². The van der Waals surface area contributed by atoms with Gasteiger partial charge in [-0.15, -0.1) is 0 Å². The van der Waals surface area contributed by atoms with Crippen LogP contribution in [0.5, 0.6) is 0 Å². The van der Waals surface area contributed by atoms with Gasteiger partial charge < -0.3 is 10.0 Å². The Labute approximate surface area is 104 Å². The van der Waals surface area contributed by atoms with Gasteiger partial charge in [0.25, 0.3) is 5.91 Å². The summed E-state index contributed by atoms with van der Waals surface area (Å²) in [6, 6.07) is 0. The van der Waals surface area contributed by atoms with Crippen molar-refractivity contribution in [1.29, 1.82) is 0 Å². The Bertz CT molecular complexity index is 421. The molecule has 6 heteroatoms. The first-order valence-corrected chi connectivity index (χ1v) is 5.85. The zero-order valence-electron chi connectivity index (χ0n) is 9.51. The Balaban J connectivity index is 1.95. The van der Waals surface area contributed by atoms with E-state index in [9.17, 15) is 9.90 Å². The zero-order chi connectivity index (χ0) is 12.4. The van der Waals surface area contributed by atoms with E-state index in [2.05, 4.69) is 9.97 Å². The Morgan fingerprint density at radius 3 is 2.88 bits per heavy atom. The molecular formula is C11H14ClN3O2. The van der Waals surface area contributed by atoms with E-state index < -0.39 is 0 Å². The smallest absolute Gasteiger partial charge is 0.273 e. The summed E-state index contributed by atoms with van der Waals surface area (Å²) >= 11 is 5.68. The van der Waals surface area contributed by atoms with Crippen LogP contribution in [0.1, 0.15) is 23.3 Å². The number of aliphatic hydroxyl groups excluding tert-OH is 1. The highest BCUT2D eigenvalue weighted by atomic mass is 35.5. The first-order valence-electron chi connectivity index (χ1n) is 5.47. The molecule has 1 aliphatic rings. The summed E-state index contributed by atoms with van der Waals surface area (Å²) in [5.41, 5.74) is 0.250. The molecule has 1 fully saturated rings. The first-order chi connectivity index (χ1) is 8.06. The van der Waals surface area contributed by atoms with E-state index >= 15 is 0 Å². The third-order valence-corrected chi connectivity index (χ3v) is 3.10. The number of aliphatic hydroxyl groups is 1. The van der Waals surface area contributed by atoms with Crippen LogP contribution in [0.15, 0.2) is 12.4 Å². The molecule has 1 amide bonds. The number of aromatic nitrogens is 2. The maximum Gasteiger partial charge on any atom is 0.273 e. The topological polar surface area (TPSA) is 66.3 Å². The average Bonchev–Trinajstić information content (AvgIpc) is 2.26. The first kappa shape index (κ1) is 12.3. The molecule has 5 nitrogen and oxygen atoms in total. The van der Waals surface area contributed by atoms with Crippen LogP contribution in [0.25, 0.3) is 0 Å². The van der Waals surface area contributed by atoms with Crippen molar-refractivity contribution in [3.63, 3.8) is 0 Å². The lowest BCUT2D eigenvalue weighted by Gasteiger charge is -2.34. The van der Waals surface area contributed by atoms with Crippen LogP contribution in [0.4, 0.5) is 0 Å². The quantitative estimate of drug-likeness (QED) is 0.874. The number of amides is 1. The van der Waals surface area contributed by atoms with E-state index in [1.807, 2.05) is 0 Å². The Kier molecular flexibility index (Phi) is 3.59. The van der Waals surface area contributed by atoms with E-state index in [4.69, 9.17) is 11.6 Å². The molecule has 0 unspecified atom stereocenters. The van der Waals surface area contributed by atoms with Crippen molar-refractivity contribution in [2.75, 3.05) is 13.6 Å². The van der Waals surface area contributed by atoms with E-state index in [1.165, 1.54) is 12.4 Å². The minimum absolute atomic E-state index is 0.193. The molecule has 1 aromatic rings. The molecule has 1 N–H and O–H groups in total. The molecule has 0 saturated heterocycles. The van der Waals surface area contributed by atoms with Gasteiger partial charge in [-0.25, -0.2) is 4.98 Å². The highest BCUT2D eigenvalue weighted by molar-refractivity contribution is 6.29. The van der Waals surface area contributed by atoms with Crippen LogP contribution in [0.3, 0.4) is 0 Å².